The van der Waals surface area contributed by atoms with Gasteiger partial charge in [-0.15, -0.1) is 0 Å². The zero-order chi connectivity index (χ0) is 22.4. The Morgan fingerprint density at radius 3 is 2.56 bits per heavy atom. The summed E-state index contributed by atoms with van der Waals surface area (Å²) in [5, 5.41) is 3.37. The van der Waals surface area contributed by atoms with Crippen molar-refractivity contribution in [3.63, 3.8) is 0 Å². The molecule has 2 aromatic heterocycles. The second-order valence-electron chi connectivity index (χ2n) is 7.78. The molecule has 0 spiro atoms. The van der Waals surface area contributed by atoms with E-state index in [2.05, 4.69) is 20.3 Å². The van der Waals surface area contributed by atoms with E-state index in [1.165, 1.54) is 18.2 Å². The molecule has 3 heterocycles. The number of aryl methyl sites for hydroxylation is 1. The molecule has 5 rings (SSSR count). The normalized spacial score (nSPS) is 15.2. The predicted octanol–water partition coefficient (Wildman–Crippen LogP) is 5.90. The number of nitrogens with one attached hydrogen (secondary N) is 1. The van der Waals surface area contributed by atoms with Gasteiger partial charge in [-0.3, -0.25) is 0 Å². The van der Waals surface area contributed by atoms with Gasteiger partial charge in [0.05, 0.1) is 17.7 Å². The molecule has 0 saturated carbocycles. The first kappa shape index (κ1) is 20.4. The van der Waals surface area contributed by atoms with Gasteiger partial charge in [-0.05, 0) is 49.4 Å². The molecule has 32 heavy (non-hydrogen) atoms. The van der Waals surface area contributed by atoms with Crippen molar-refractivity contribution in [2.24, 2.45) is 0 Å². The Balaban J connectivity index is 1.47. The van der Waals surface area contributed by atoms with Gasteiger partial charge < -0.3 is 14.8 Å². The van der Waals surface area contributed by atoms with Gasteiger partial charge in [0, 0.05) is 35.6 Å². The molecular weight excluding hydrogens is 434 g/mol. The SMILES string of the molecule is Cc1cn(-c2ccc(Nc3nc(Cl)c4c(n3)N(c3ccc(F)cc3)CC4C)cc2F)cn1. The van der Waals surface area contributed by atoms with E-state index in [0.29, 0.717) is 28.9 Å². The van der Waals surface area contributed by atoms with E-state index in [4.69, 9.17) is 11.6 Å². The molecule has 2 aromatic carbocycles. The second kappa shape index (κ2) is 7.87. The zero-order valence-electron chi connectivity index (χ0n) is 17.4. The van der Waals surface area contributed by atoms with Crippen LogP contribution in [0.25, 0.3) is 5.69 Å². The monoisotopic (exact) mass is 452 g/mol. The molecule has 0 aliphatic carbocycles. The minimum absolute atomic E-state index is 0.104. The number of imidazole rings is 1. The van der Waals surface area contributed by atoms with Gasteiger partial charge in [0.15, 0.2) is 0 Å². The molecule has 0 bridgehead atoms. The lowest BCUT2D eigenvalue weighted by atomic mass is 10.1. The van der Waals surface area contributed by atoms with Crippen molar-refractivity contribution in [3.8, 4) is 5.69 Å². The van der Waals surface area contributed by atoms with Crippen LogP contribution in [0.2, 0.25) is 5.15 Å². The van der Waals surface area contributed by atoms with Crippen LogP contribution in [0.1, 0.15) is 24.1 Å². The number of fused-ring (bicyclic) bond motifs is 1. The van der Waals surface area contributed by atoms with E-state index < -0.39 is 5.82 Å². The fourth-order valence-corrected chi connectivity index (χ4v) is 4.24. The number of hydrogen-bond acceptors (Lipinski definition) is 5. The number of nitrogens with zero attached hydrogens (tertiary/aromatic N) is 5. The van der Waals surface area contributed by atoms with E-state index >= 15 is 0 Å². The van der Waals surface area contributed by atoms with Crippen molar-refractivity contribution < 1.29 is 8.78 Å². The van der Waals surface area contributed by atoms with Gasteiger partial charge in [0.2, 0.25) is 5.95 Å². The van der Waals surface area contributed by atoms with Gasteiger partial charge in [0.1, 0.15) is 22.6 Å². The Hall–Kier alpha value is -3.52. The molecule has 0 radical (unpaired) electrons. The first-order valence-corrected chi connectivity index (χ1v) is 10.4. The highest BCUT2D eigenvalue weighted by Crippen LogP contribution is 2.43. The summed E-state index contributed by atoms with van der Waals surface area (Å²) in [5.74, 6) is 0.284. The lowest BCUT2D eigenvalue weighted by Gasteiger charge is -2.19. The smallest absolute Gasteiger partial charge is 0.230 e. The fourth-order valence-electron chi connectivity index (χ4n) is 3.89. The third-order valence-electron chi connectivity index (χ3n) is 5.42. The first-order valence-electron chi connectivity index (χ1n) is 10.1. The Morgan fingerprint density at radius 2 is 1.88 bits per heavy atom. The summed E-state index contributed by atoms with van der Waals surface area (Å²) in [7, 11) is 0. The van der Waals surface area contributed by atoms with Crippen LogP contribution >= 0.6 is 11.6 Å². The Labute approximate surface area is 188 Å². The van der Waals surface area contributed by atoms with Crippen LogP contribution in [0.3, 0.4) is 0 Å². The maximum atomic E-state index is 14.7. The molecule has 4 aromatic rings. The number of halogens is 3. The summed E-state index contributed by atoms with van der Waals surface area (Å²) in [6, 6.07) is 11.0. The van der Waals surface area contributed by atoms with Crippen molar-refractivity contribution in [2.75, 3.05) is 16.8 Å². The summed E-state index contributed by atoms with van der Waals surface area (Å²) >= 11 is 6.49. The molecule has 1 aliphatic heterocycles. The van der Waals surface area contributed by atoms with Crippen LogP contribution in [0.15, 0.2) is 55.0 Å². The molecule has 1 unspecified atom stereocenters. The Bertz CT molecular complexity index is 1300. The van der Waals surface area contributed by atoms with E-state index in [0.717, 1.165) is 16.9 Å². The molecule has 0 fully saturated rings. The quantitative estimate of drug-likeness (QED) is 0.390. The molecular formula is C23H19ClF2N6. The average Bonchev–Trinajstić information content (AvgIpc) is 3.32. The van der Waals surface area contributed by atoms with Crippen molar-refractivity contribution in [2.45, 2.75) is 19.8 Å². The first-order chi connectivity index (χ1) is 15.4. The maximum Gasteiger partial charge on any atom is 0.230 e. The van der Waals surface area contributed by atoms with Gasteiger partial charge in [-0.25, -0.2) is 18.7 Å². The summed E-state index contributed by atoms with van der Waals surface area (Å²) in [5.41, 5.74) is 3.31. The molecule has 1 N–H and O–H groups in total. The van der Waals surface area contributed by atoms with E-state index in [1.807, 2.05) is 18.7 Å². The van der Waals surface area contributed by atoms with Crippen molar-refractivity contribution in [1.29, 1.82) is 0 Å². The Kier molecular flexibility index (Phi) is 5.01. The van der Waals surface area contributed by atoms with Crippen LogP contribution in [0, 0.1) is 18.6 Å². The fraction of sp³-hybridized carbons (Fsp3) is 0.174. The maximum absolute atomic E-state index is 14.7. The molecule has 1 aliphatic rings. The molecule has 0 saturated heterocycles. The van der Waals surface area contributed by atoms with Crippen LogP contribution in [0.5, 0.6) is 0 Å². The minimum atomic E-state index is -0.416. The van der Waals surface area contributed by atoms with Crippen LogP contribution in [-0.2, 0) is 0 Å². The number of anilines is 4. The van der Waals surface area contributed by atoms with Crippen LogP contribution in [-0.4, -0.2) is 26.1 Å². The summed E-state index contributed by atoms with van der Waals surface area (Å²) in [4.78, 5) is 15.1. The van der Waals surface area contributed by atoms with Gasteiger partial charge >= 0.3 is 0 Å². The third-order valence-corrected chi connectivity index (χ3v) is 5.70. The average molecular weight is 453 g/mol. The minimum Gasteiger partial charge on any atom is -0.325 e. The predicted molar refractivity (Wildman–Crippen MR) is 120 cm³/mol. The number of hydrogen-bond donors (Lipinski definition) is 1. The number of rotatable bonds is 4. The highest BCUT2D eigenvalue weighted by atomic mass is 35.5. The molecule has 9 heteroatoms. The van der Waals surface area contributed by atoms with Crippen LogP contribution in [0.4, 0.5) is 31.9 Å². The molecule has 1 atom stereocenters. The lowest BCUT2D eigenvalue weighted by molar-refractivity contribution is 0.618. The third kappa shape index (κ3) is 3.67. The van der Waals surface area contributed by atoms with Crippen LogP contribution < -0.4 is 10.2 Å². The molecule has 6 nitrogen and oxygen atoms in total. The second-order valence-corrected chi connectivity index (χ2v) is 8.13. The summed E-state index contributed by atoms with van der Waals surface area (Å²) < 4.78 is 29.7. The van der Waals surface area contributed by atoms with E-state index in [-0.39, 0.29) is 17.7 Å². The standard InChI is InChI=1S/C23H19ClF2N6/c1-13-10-32(17-6-3-15(25)4-7-17)22-20(13)21(24)29-23(30-22)28-16-5-8-19(18(26)9-16)31-11-14(2)27-12-31/h3-9,11-13H,10H2,1-2H3,(H,28,29,30). The van der Waals surface area contributed by atoms with E-state index in [1.54, 1.807) is 41.4 Å². The lowest BCUT2D eigenvalue weighted by Crippen LogP contribution is -2.15. The molecule has 0 amide bonds. The topological polar surface area (TPSA) is 58.9 Å². The highest BCUT2D eigenvalue weighted by Gasteiger charge is 2.32. The summed E-state index contributed by atoms with van der Waals surface area (Å²) in [6.45, 7) is 4.53. The Morgan fingerprint density at radius 1 is 1.09 bits per heavy atom. The van der Waals surface area contributed by atoms with Gasteiger partial charge in [-0.2, -0.15) is 4.98 Å². The number of aromatic nitrogens is 4. The largest absolute Gasteiger partial charge is 0.325 e. The zero-order valence-corrected chi connectivity index (χ0v) is 18.1. The van der Waals surface area contributed by atoms with Crippen molar-refractivity contribution in [3.05, 3.63) is 83.0 Å². The van der Waals surface area contributed by atoms with E-state index in [9.17, 15) is 8.78 Å². The van der Waals surface area contributed by atoms with Gasteiger partial charge in [0.25, 0.3) is 0 Å². The van der Waals surface area contributed by atoms with Gasteiger partial charge in [-0.1, -0.05) is 18.5 Å². The molecule has 162 valence electrons. The summed E-state index contributed by atoms with van der Waals surface area (Å²) in [6.07, 6.45) is 3.32. The number of benzene rings is 2. The van der Waals surface area contributed by atoms with Crippen molar-refractivity contribution >= 4 is 34.7 Å². The van der Waals surface area contributed by atoms with Crippen molar-refractivity contribution in [1.82, 2.24) is 19.5 Å². The highest BCUT2D eigenvalue weighted by molar-refractivity contribution is 6.30.